The maximum absolute atomic E-state index is 9.18. The Balaban J connectivity index is 2.81. The van der Waals surface area contributed by atoms with Crippen molar-refractivity contribution in [3.05, 3.63) is 22.8 Å². The van der Waals surface area contributed by atoms with Crippen LogP contribution in [0.15, 0.2) is 17.3 Å². The molecule has 7 heteroatoms. The molecule has 0 aliphatic carbocycles. The Bertz CT molecular complexity index is 389. The molecular formula is C9H12ClN3O2S. The molecule has 0 bridgehead atoms. The Hall–Kier alpha value is -0.820. The van der Waals surface area contributed by atoms with Gasteiger partial charge in [0.2, 0.25) is 0 Å². The zero-order valence-corrected chi connectivity index (χ0v) is 9.92. The van der Waals surface area contributed by atoms with Gasteiger partial charge in [0.15, 0.2) is 0 Å². The first-order valence-corrected chi connectivity index (χ1v) is 5.83. The van der Waals surface area contributed by atoms with Gasteiger partial charge in [-0.2, -0.15) is 0 Å². The molecule has 5 nitrogen and oxygen atoms in total. The summed E-state index contributed by atoms with van der Waals surface area (Å²) in [5.74, 6) is 0.155. The maximum atomic E-state index is 9.18. The second-order valence-corrected chi connectivity index (χ2v) is 4.43. The Morgan fingerprint density at radius 1 is 1.69 bits per heavy atom. The van der Waals surface area contributed by atoms with Crippen molar-refractivity contribution in [2.75, 3.05) is 12.4 Å². The number of pyridine rings is 1. The lowest BCUT2D eigenvalue weighted by Gasteiger charge is -2.09. The fourth-order valence-corrected chi connectivity index (χ4v) is 2.17. The number of nitrogens with zero attached hydrogens (tertiary/aromatic N) is 1. The highest BCUT2D eigenvalue weighted by atomic mass is 35.5. The first-order chi connectivity index (χ1) is 7.56. The van der Waals surface area contributed by atoms with Crippen LogP contribution in [0.5, 0.6) is 0 Å². The van der Waals surface area contributed by atoms with Crippen LogP contribution in [-0.2, 0) is 0 Å². The van der Waals surface area contributed by atoms with Crippen LogP contribution in [0.3, 0.4) is 0 Å². The highest BCUT2D eigenvalue weighted by Crippen LogP contribution is 2.27. The molecule has 1 rings (SSSR count). The van der Waals surface area contributed by atoms with Crippen molar-refractivity contribution in [3.63, 3.8) is 0 Å². The molecule has 0 amide bonds. The average molecular weight is 262 g/mol. The van der Waals surface area contributed by atoms with Gasteiger partial charge in [-0.25, -0.2) is 4.98 Å². The molecule has 0 aliphatic heterocycles. The minimum absolute atomic E-state index is 0.128. The van der Waals surface area contributed by atoms with Gasteiger partial charge in [0.1, 0.15) is 10.9 Å². The number of thioether (sulfide) groups is 1. The maximum Gasteiger partial charge on any atom is 0.124 e. The van der Waals surface area contributed by atoms with Crippen LogP contribution < -0.4 is 5.73 Å². The van der Waals surface area contributed by atoms with Crippen LogP contribution >= 0.6 is 23.4 Å². The van der Waals surface area contributed by atoms with E-state index in [1.807, 2.05) is 0 Å². The summed E-state index contributed by atoms with van der Waals surface area (Å²) in [6.45, 7) is -0.309. The lowest BCUT2D eigenvalue weighted by Crippen LogP contribution is -2.15. The number of rotatable bonds is 5. The first-order valence-electron chi connectivity index (χ1n) is 4.47. The van der Waals surface area contributed by atoms with Gasteiger partial charge < -0.3 is 15.9 Å². The molecular weight excluding hydrogens is 250 g/mol. The first kappa shape index (κ1) is 13.2. The van der Waals surface area contributed by atoms with Crippen molar-refractivity contribution in [1.29, 1.82) is 5.41 Å². The summed E-state index contributed by atoms with van der Waals surface area (Å²) in [5.41, 5.74) is 5.75. The third kappa shape index (κ3) is 3.34. The van der Waals surface area contributed by atoms with E-state index >= 15 is 0 Å². The van der Waals surface area contributed by atoms with Crippen LogP contribution in [0.1, 0.15) is 5.56 Å². The van der Waals surface area contributed by atoms with Crippen molar-refractivity contribution in [1.82, 2.24) is 4.98 Å². The topological polar surface area (TPSA) is 103 Å². The molecule has 0 spiro atoms. The molecule has 0 fully saturated rings. The van der Waals surface area contributed by atoms with Crippen molar-refractivity contribution in [2.24, 2.45) is 5.73 Å². The van der Waals surface area contributed by atoms with Gasteiger partial charge in [0.25, 0.3) is 0 Å². The quantitative estimate of drug-likeness (QED) is 0.350. The van der Waals surface area contributed by atoms with E-state index < -0.39 is 6.10 Å². The predicted octanol–water partition coefficient (Wildman–Crippen LogP) is 0.464. The fraction of sp³-hybridized carbons (Fsp3) is 0.333. The summed E-state index contributed by atoms with van der Waals surface area (Å²) in [5, 5.41) is 25.9. The van der Waals surface area contributed by atoms with Crippen LogP contribution in [0.4, 0.5) is 0 Å². The Morgan fingerprint density at radius 2 is 2.38 bits per heavy atom. The molecule has 0 radical (unpaired) electrons. The molecule has 1 unspecified atom stereocenters. The lowest BCUT2D eigenvalue weighted by molar-refractivity contribution is 0.113. The van der Waals surface area contributed by atoms with E-state index in [4.69, 9.17) is 27.9 Å². The minimum atomic E-state index is -0.816. The summed E-state index contributed by atoms with van der Waals surface area (Å²) in [6.07, 6.45) is 0.680. The molecule has 1 atom stereocenters. The number of aromatic nitrogens is 1. The second kappa shape index (κ2) is 6.05. The van der Waals surface area contributed by atoms with Gasteiger partial charge in [-0.1, -0.05) is 11.6 Å². The zero-order chi connectivity index (χ0) is 12.1. The summed E-state index contributed by atoms with van der Waals surface area (Å²) in [4.78, 5) is 4.01. The van der Waals surface area contributed by atoms with Crippen molar-refractivity contribution >= 4 is 29.2 Å². The Labute approximate surface area is 102 Å². The second-order valence-electron chi connectivity index (χ2n) is 3.04. The zero-order valence-electron chi connectivity index (χ0n) is 8.35. The van der Waals surface area contributed by atoms with Gasteiger partial charge in [0.05, 0.1) is 17.7 Å². The number of aliphatic hydroxyl groups excluding tert-OH is 2. The molecule has 1 aromatic heterocycles. The standard InChI is InChI=1S/C9H12ClN3O2S/c10-7-6(8(11)12)1-2-13-9(7)16-4-5(15)3-14/h1-2,5,14-15H,3-4H2,(H3,11,12). The highest BCUT2D eigenvalue weighted by molar-refractivity contribution is 7.99. The van der Waals surface area contributed by atoms with Gasteiger partial charge >= 0.3 is 0 Å². The normalized spacial score (nSPS) is 12.4. The summed E-state index contributed by atoms with van der Waals surface area (Å²) < 4.78 is 0. The summed E-state index contributed by atoms with van der Waals surface area (Å²) in [6, 6.07) is 1.55. The lowest BCUT2D eigenvalue weighted by atomic mass is 10.2. The van der Waals surface area contributed by atoms with E-state index in [1.165, 1.54) is 18.0 Å². The molecule has 1 aromatic rings. The molecule has 1 heterocycles. The molecule has 0 saturated carbocycles. The third-order valence-corrected chi connectivity index (χ3v) is 3.40. The number of hydrogen-bond donors (Lipinski definition) is 4. The van der Waals surface area contributed by atoms with Crippen molar-refractivity contribution in [3.8, 4) is 0 Å². The average Bonchev–Trinajstić information content (AvgIpc) is 2.26. The summed E-state index contributed by atoms with van der Waals surface area (Å²) >= 11 is 7.19. The smallest absolute Gasteiger partial charge is 0.124 e. The number of hydrogen-bond acceptors (Lipinski definition) is 5. The van der Waals surface area contributed by atoms with Gasteiger partial charge in [-0.15, -0.1) is 11.8 Å². The molecule has 5 N–H and O–H groups in total. The molecule has 0 aromatic carbocycles. The van der Waals surface area contributed by atoms with Crippen LogP contribution in [-0.4, -0.2) is 39.5 Å². The van der Waals surface area contributed by atoms with Gasteiger partial charge in [-0.3, -0.25) is 5.41 Å². The van der Waals surface area contributed by atoms with Crippen LogP contribution in [0.2, 0.25) is 5.02 Å². The monoisotopic (exact) mass is 261 g/mol. The number of aliphatic hydroxyl groups is 2. The van der Waals surface area contributed by atoms with Crippen molar-refractivity contribution < 1.29 is 10.2 Å². The molecule has 88 valence electrons. The van der Waals surface area contributed by atoms with Gasteiger partial charge in [-0.05, 0) is 6.07 Å². The van der Waals surface area contributed by atoms with Crippen LogP contribution in [0, 0.1) is 5.41 Å². The number of nitrogens with two attached hydrogens (primary N) is 1. The van der Waals surface area contributed by atoms with Crippen LogP contribution in [0.25, 0.3) is 0 Å². The number of nitrogens with one attached hydrogen (secondary N) is 1. The number of amidine groups is 1. The number of nitrogen functional groups attached to an aromatic ring is 1. The third-order valence-electron chi connectivity index (χ3n) is 1.77. The fourth-order valence-electron chi connectivity index (χ4n) is 0.961. The van der Waals surface area contributed by atoms with E-state index in [1.54, 1.807) is 6.07 Å². The molecule has 0 saturated heterocycles. The molecule has 16 heavy (non-hydrogen) atoms. The van der Waals surface area contributed by atoms with Gasteiger partial charge in [0, 0.05) is 17.5 Å². The highest BCUT2D eigenvalue weighted by Gasteiger charge is 2.11. The van der Waals surface area contributed by atoms with E-state index in [2.05, 4.69) is 4.98 Å². The predicted molar refractivity (Wildman–Crippen MR) is 64.1 cm³/mol. The van der Waals surface area contributed by atoms with Crippen molar-refractivity contribution in [2.45, 2.75) is 11.1 Å². The molecule has 0 aliphatic rings. The van der Waals surface area contributed by atoms with E-state index in [0.717, 1.165) is 0 Å². The van der Waals surface area contributed by atoms with E-state index in [0.29, 0.717) is 15.6 Å². The SMILES string of the molecule is N=C(N)c1ccnc(SCC(O)CO)c1Cl. The Morgan fingerprint density at radius 3 is 2.94 bits per heavy atom. The number of halogens is 1. The summed E-state index contributed by atoms with van der Waals surface area (Å²) in [7, 11) is 0. The largest absolute Gasteiger partial charge is 0.394 e. The minimum Gasteiger partial charge on any atom is -0.394 e. The van der Waals surface area contributed by atoms with E-state index in [9.17, 15) is 5.11 Å². The Kier molecular flexibility index (Phi) is 5.01. The van der Waals surface area contributed by atoms with E-state index in [-0.39, 0.29) is 18.2 Å².